The summed E-state index contributed by atoms with van der Waals surface area (Å²) in [5.74, 6) is 0. The minimum absolute atomic E-state index is 0.105. The molecule has 0 fully saturated rings. The Bertz CT molecular complexity index is 581. The van der Waals surface area contributed by atoms with Crippen LogP contribution in [-0.4, -0.2) is 20.2 Å². The van der Waals surface area contributed by atoms with E-state index in [1.54, 1.807) is 19.9 Å². The average Bonchev–Trinajstić information content (AvgIpc) is 2.68. The van der Waals surface area contributed by atoms with Crippen LogP contribution in [0.5, 0.6) is 0 Å². The third kappa shape index (κ3) is 2.51. The summed E-state index contributed by atoms with van der Waals surface area (Å²) >= 11 is 0. The van der Waals surface area contributed by atoms with Crippen molar-refractivity contribution in [2.75, 3.05) is 0 Å². The lowest BCUT2D eigenvalue weighted by Crippen LogP contribution is -2.20. The van der Waals surface area contributed by atoms with Crippen LogP contribution in [0.15, 0.2) is 30.5 Å². The van der Waals surface area contributed by atoms with Crippen LogP contribution in [0.2, 0.25) is 0 Å². The Morgan fingerprint density at radius 3 is 2.72 bits per heavy atom. The van der Waals surface area contributed by atoms with Gasteiger partial charge >= 0.3 is 0 Å². The number of non-ortho nitro benzene ring substituents is 1. The zero-order valence-corrected chi connectivity index (χ0v) is 10.5. The van der Waals surface area contributed by atoms with Gasteiger partial charge in [-0.2, -0.15) is 0 Å². The van der Waals surface area contributed by atoms with Crippen LogP contribution in [0.1, 0.15) is 20.3 Å². The molecule has 96 valence electrons. The number of benzene rings is 1. The van der Waals surface area contributed by atoms with Gasteiger partial charge in [0.05, 0.1) is 10.5 Å². The summed E-state index contributed by atoms with van der Waals surface area (Å²) in [7, 11) is 0. The maximum Gasteiger partial charge on any atom is 0.293 e. The minimum atomic E-state index is -0.778. The predicted octanol–water partition coefficient (Wildman–Crippen LogP) is 2.71. The van der Waals surface area contributed by atoms with E-state index in [0.717, 1.165) is 5.39 Å². The van der Waals surface area contributed by atoms with Gasteiger partial charge in [0.15, 0.2) is 0 Å². The highest BCUT2D eigenvalue weighted by molar-refractivity contribution is 5.88. The van der Waals surface area contributed by atoms with Crippen molar-refractivity contribution in [1.82, 2.24) is 4.57 Å². The Labute approximate surface area is 105 Å². The van der Waals surface area contributed by atoms with Crippen molar-refractivity contribution >= 4 is 16.6 Å². The highest BCUT2D eigenvalue weighted by Gasteiger charge is 2.17. The van der Waals surface area contributed by atoms with Gasteiger partial charge in [0.25, 0.3) is 5.69 Å². The van der Waals surface area contributed by atoms with E-state index in [-0.39, 0.29) is 10.6 Å². The lowest BCUT2D eigenvalue weighted by atomic mass is 10.1. The highest BCUT2D eigenvalue weighted by Crippen LogP contribution is 2.27. The number of aliphatic hydroxyl groups is 1. The molecule has 0 saturated carbocycles. The number of aromatic nitrogens is 1. The van der Waals surface area contributed by atoms with Gasteiger partial charge in [-0.1, -0.05) is 12.1 Å². The number of nitro benzene ring substituents is 1. The molecule has 5 heteroatoms. The third-order valence-electron chi connectivity index (χ3n) is 2.93. The van der Waals surface area contributed by atoms with Crippen LogP contribution in [-0.2, 0) is 6.54 Å². The number of hydrogen-bond acceptors (Lipinski definition) is 3. The van der Waals surface area contributed by atoms with E-state index >= 15 is 0 Å². The second-order valence-corrected chi connectivity index (χ2v) is 5.04. The number of rotatable bonds is 4. The van der Waals surface area contributed by atoms with Crippen LogP contribution in [0, 0.1) is 10.1 Å². The lowest BCUT2D eigenvalue weighted by Gasteiger charge is -2.17. The third-order valence-corrected chi connectivity index (χ3v) is 2.93. The molecule has 1 heterocycles. The van der Waals surface area contributed by atoms with Crippen LogP contribution < -0.4 is 0 Å². The van der Waals surface area contributed by atoms with Crippen molar-refractivity contribution in [2.24, 2.45) is 0 Å². The molecule has 2 rings (SSSR count). The van der Waals surface area contributed by atoms with E-state index in [1.807, 2.05) is 22.9 Å². The summed E-state index contributed by atoms with van der Waals surface area (Å²) in [6.07, 6.45) is 2.37. The Morgan fingerprint density at radius 2 is 2.11 bits per heavy atom. The topological polar surface area (TPSA) is 68.3 Å². The van der Waals surface area contributed by atoms with Gasteiger partial charge < -0.3 is 9.67 Å². The maximum absolute atomic E-state index is 11.0. The quantitative estimate of drug-likeness (QED) is 0.668. The Balaban J connectivity index is 2.42. The fraction of sp³-hybridized carbons (Fsp3) is 0.385. The Morgan fingerprint density at radius 1 is 1.39 bits per heavy atom. The first-order valence-electron chi connectivity index (χ1n) is 5.83. The second-order valence-electron chi connectivity index (χ2n) is 5.04. The van der Waals surface area contributed by atoms with Crippen LogP contribution >= 0.6 is 0 Å². The van der Waals surface area contributed by atoms with Crippen molar-refractivity contribution in [3.05, 3.63) is 40.6 Å². The molecular weight excluding hydrogens is 232 g/mol. The van der Waals surface area contributed by atoms with Crippen LogP contribution in [0.3, 0.4) is 0 Å². The molecule has 0 spiro atoms. The molecular formula is C13H16N2O3. The van der Waals surface area contributed by atoms with Gasteiger partial charge in [0.2, 0.25) is 0 Å². The van der Waals surface area contributed by atoms with Gasteiger partial charge in [-0.3, -0.25) is 10.1 Å². The molecule has 0 unspecified atom stereocenters. The lowest BCUT2D eigenvalue weighted by molar-refractivity contribution is -0.383. The van der Waals surface area contributed by atoms with Crippen molar-refractivity contribution < 1.29 is 10.0 Å². The summed E-state index contributed by atoms with van der Waals surface area (Å²) in [5, 5.41) is 21.6. The molecule has 18 heavy (non-hydrogen) atoms. The largest absolute Gasteiger partial charge is 0.390 e. The second kappa shape index (κ2) is 4.42. The summed E-state index contributed by atoms with van der Waals surface area (Å²) in [6, 6.07) is 6.89. The summed E-state index contributed by atoms with van der Waals surface area (Å²) in [6.45, 7) is 4.01. The number of aryl methyl sites for hydroxylation is 1. The molecule has 0 aliphatic rings. The zero-order chi connectivity index (χ0) is 13.3. The van der Waals surface area contributed by atoms with Crippen LogP contribution in [0.25, 0.3) is 10.9 Å². The molecule has 1 aromatic heterocycles. The monoisotopic (exact) mass is 248 g/mol. The molecule has 0 amide bonds. The average molecular weight is 248 g/mol. The minimum Gasteiger partial charge on any atom is -0.390 e. The molecule has 1 N–H and O–H groups in total. The molecule has 0 bridgehead atoms. The van der Waals surface area contributed by atoms with Crippen molar-refractivity contribution in [3.8, 4) is 0 Å². The number of nitro groups is 1. The smallest absolute Gasteiger partial charge is 0.293 e. The van der Waals surface area contributed by atoms with Crippen molar-refractivity contribution in [3.63, 3.8) is 0 Å². The highest BCUT2D eigenvalue weighted by atomic mass is 16.6. The SMILES string of the molecule is CC(C)(O)CCn1ccc2cccc([N+](=O)[O-])c21. The molecule has 5 nitrogen and oxygen atoms in total. The number of fused-ring (bicyclic) bond motifs is 1. The summed E-state index contributed by atoms with van der Waals surface area (Å²) in [4.78, 5) is 10.6. The molecule has 0 aliphatic carbocycles. The van der Waals surface area contributed by atoms with E-state index < -0.39 is 5.60 Å². The predicted molar refractivity (Wildman–Crippen MR) is 69.5 cm³/mol. The van der Waals surface area contributed by atoms with E-state index in [0.29, 0.717) is 18.5 Å². The molecule has 2 aromatic rings. The molecule has 0 atom stereocenters. The summed E-state index contributed by atoms with van der Waals surface area (Å²) in [5.41, 5.74) is -0.0554. The van der Waals surface area contributed by atoms with Gasteiger partial charge in [-0.25, -0.2) is 0 Å². The first-order chi connectivity index (χ1) is 8.38. The van der Waals surface area contributed by atoms with E-state index in [4.69, 9.17) is 0 Å². The first-order valence-corrected chi connectivity index (χ1v) is 5.83. The van der Waals surface area contributed by atoms with Crippen LogP contribution in [0.4, 0.5) is 5.69 Å². The van der Waals surface area contributed by atoms with E-state index in [2.05, 4.69) is 0 Å². The van der Waals surface area contributed by atoms with E-state index in [1.165, 1.54) is 6.07 Å². The van der Waals surface area contributed by atoms with E-state index in [9.17, 15) is 15.2 Å². The Hall–Kier alpha value is -1.88. The fourth-order valence-corrected chi connectivity index (χ4v) is 1.97. The first kappa shape index (κ1) is 12.6. The molecule has 0 radical (unpaired) electrons. The maximum atomic E-state index is 11.0. The number of para-hydroxylation sites is 1. The molecule has 0 saturated heterocycles. The molecule has 1 aromatic carbocycles. The van der Waals surface area contributed by atoms with Crippen molar-refractivity contribution in [2.45, 2.75) is 32.4 Å². The van der Waals surface area contributed by atoms with Gasteiger partial charge in [-0.05, 0) is 26.3 Å². The summed E-state index contributed by atoms with van der Waals surface area (Å²) < 4.78 is 1.82. The normalized spacial score (nSPS) is 11.9. The van der Waals surface area contributed by atoms with Crippen molar-refractivity contribution in [1.29, 1.82) is 0 Å². The number of nitrogens with zero attached hydrogens (tertiary/aromatic N) is 2. The number of hydrogen-bond donors (Lipinski definition) is 1. The fourth-order valence-electron chi connectivity index (χ4n) is 1.97. The van der Waals surface area contributed by atoms with Gasteiger partial charge in [-0.15, -0.1) is 0 Å². The molecule has 0 aliphatic heterocycles. The zero-order valence-electron chi connectivity index (χ0n) is 10.5. The van der Waals surface area contributed by atoms with Gasteiger partial charge in [0.1, 0.15) is 5.52 Å². The Kier molecular flexibility index (Phi) is 3.09. The standard InChI is InChI=1S/C13H16N2O3/c1-13(2,16)7-9-14-8-6-10-4-3-5-11(12(10)14)15(17)18/h3-6,8,16H,7,9H2,1-2H3. The van der Waals surface area contributed by atoms with Gasteiger partial charge in [0, 0.05) is 24.2 Å².